The second kappa shape index (κ2) is 7.82. The fraction of sp³-hybridized carbons (Fsp3) is 0.368. The van der Waals surface area contributed by atoms with E-state index in [4.69, 9.17) is 16.3 Å². The third-order valence-electron chi connectivity index (χ3n) is 4.21. The summed E-state index contributed by atoms with van der Waals surface area (Å²) in [5, 5.41) is 10.9. The van der Waals surface area contributed by atoms with Crippen LogP contribution in [0.3, 0.4) is 0 Å². The second-order valence-electron chi connectivity index (χ2n) is 5.94. The zero-order valence-electron chi connectivity index (χ0n) is 13.1. The predicted molar refractivity (Wildman–Crippen MR) is 92.9 cm³/mol. The van der Waals surface area contributed by atoms with Gasteiger partial charge in [-0.2, -0.15) is 0 Å². The SMILES string of the molecule is OC1CCN(CCCOc2cccc(Cl)c2)Cc2ccccc21. The number of aliphatic hydroxyl groups excluding tert-OH is 1. The van der Waals surface area contributed by atoms with Crippen molar-refractivity contribution in [2.75, 3.05) is 19.7 Å². The molecule has 23 heavy (non-hydrogen) atoms. The molecule has 0 amide bonds. The van der Waals surface area contributed by atoms with Crippen LogP contribution in [-0.4, -0.2) is 29.7 Å². The molecule has 0 saturated carbocycles. The van der Waals surface area contributed by atoms with Crippen LogP contribution >= 0.6 is 11.6 Å². The second-order valence-corrected chi connectivity index (χ2v) is 6.38. The number of nitrogens with zero attached hydrogens (tertiary/aromatic N) is 1. The molecule has 1 N–H and O–H groups in total. The molecule has 3 rings (SSSR count). The van der Waals surface area contributed by atoms with Crippen LogP contribution in [0.25, 0.3) is 0 Å². The van der Waals surface area contributed by atoms with Gasteiger partial charge in [0.15, 0.2) is 0 Å². The summed E-state index contributed by atoms with van der Waals surface area (Å²) >= 11 is 5.95. The molecule has 1 aliphatic heterocycles. The van der Waals surface area contributed by atoms with Crippen LogP contribution in [-0.2, 0) is 6.54 Å². The van der Waals surface area contributed by atoms with E-state index in [1.807, 2.05) is 42.5 Å². The fourth-order valence-electron chi connectivity index (χ4n) is 3.01. The minimum atomic E-state index is -0.348. The van der Waals surface area contributed by atoms with Crippen molar-refractivity contribution < 1.29 is 9.84 Å². The summed E-state index contributed by atoms with van der Waals surface area (Å²) in [5.41, 5.74) is 2.30. The van der Waals surface area contributed by atoms with Gasteiger partial charge in [-0.15, -0.1) is 0 Å². The van der Waals surface area contributed by atoms with Crippen LogP contribution in [0.2, 0.25) is 5.02 Å². The molecule has 0 radical (unpaired) electrons. The van der Waals surface area contributed by atoms with E-state index >= 15 is 0 Å². The summed E-state index contributed by atoms with van der Waals surface area (Å²) in [4.78, 5) is 2.39. The van der Waals surface area contributed by atoms with Gasteiger partial charge in [0, 0.05) is 24.7 Å². The van der Waals surface area contributed by atoms with Crippen LogP contribution in [0.4, 0.5) is 0 Å². The monoisotopic (exact) mass is 331 g/mol. The molecule has 3 nitrogen and oxygen atoms in total. The van der Waals surface area contributed by atoms with Crippen molar-refractivity contribution in [1.82, 2.24) is 4.90 Å². The first-order valence-electron chi connectivity index (χ1n) is 8.09. The first-order valence-corrected chi connectivity index (χ1v) is 8.47. The number of ether oxygens (including phenoxy) is 1. The number of hydrogen-bond acceptors (Lipinski definition) is 3. The lowest BCUT2D eigenvalue weighted by Gasteiger charge is -2.20. The quantitative estimate of drug-likeness (QED) is 0.839. The highest BCUT2D eigenvalue weighted by atomic mass is 35.5. The molecular weight excluding hydrogens is 310 g/mol. The number of rotatable bonds is 5. The van der Waals surface area contributed by atoms with Crippen LogP contribution in [0.15, 0.2) is 48.5 Å². The van der Waals surface area contributed by atoms with E-state index in [1.54, 1.807) is 0 Å². The molecular formula is C19H22ClNO2. The molecule has 0 aromatic heterocycles. The lowest BCUT2D eigenvalue weighted by molar-refractivity contribution is 0.149. The molecule has 122 valence electrons. The predicted octanol–water partition coefficient (Wildman–Crippen LogP) is 4.05. The van der Waals surface area contributed by atoms with Crippen molar-refractivity contribution in [3.05, 3.63) is 64.7 Å². The lowest BCUT2D eigenvalue weighted by atomic mass is 10.0. The van der Waals surface area contributed by atoms with Gasteiger partial charge < -0.3 is 9.84 Å². The minimum Gasteiger partial charge on any atom is -0.493 e. The summed E-state index contributed by atoms with van der Waals surface area (Å²) < 4.78 is 5.74. The van der Waals surface area contributed by atoms with Gasteiger partial charge in [-0.05, 0) is 42.2 Å². The molecule has 4 heteroatoms. The van der Waals surface area contributed by atoms with Crippen molar-refractivity contribution in [1.29, 1.82) is 0 Å². The summed E-state index contributed by atoms with van der Waals surface area (Å²) in [5.74, 6) is 0.814. The molecule has 1 atom stereocenters. The van der Waals surface area contributed by atoms with Gasteiger partial charge in [-0.1, -0.05) is 41.9 Å². The van der Waals surface area contributed by atoms with Crippen LogP contribution in [0.1, 0.15) is 30.1 Å². The van der Waals surface area contributed by atoms with Crippen LogP contribution in [0.5, 0.6) is 5.75 Å². The number of fused-ring (bicyclic) bond motifs is 1. The smallest absolute Gasteiger partial charge is 0.120 e. The Hall–Kier alpha value is -1.55. The standard InChI is InChI=1S/C19H22ClNO2/c20-16-6-3-7-17(13-16)23-12-4-10-21-11-9-19(22)18-8-2-1-5-15(18)14-21/h1-3,5-8,13,19,22H,4,9-12,14H2. The highest BCUT2D eigenvalue weighted by Gasteiger charge is 2.19. The molecule has 0 fully saturated rings. The van der Waals surface area contributed by atoms with Crippen molar-refractivity contribution >= 4 is 11.6 Å². The summed E-state index contributed by atoms with van der Waals surface area (Å²) in [7, 11) is 0. The van der Waals surface area contributed by atoms with E-state index < -0.39 is 0 Å². The third kappa shape index (κ3) is 4.47. The lowest BCUT2D eigenvalue weighted by Crippen LogP contribution is -2.25. The Morgan fingerprint density at radius 2 is 2.04 bits per heavy atom. The van der Waals surface area contributed by atoms with E-state index in [0.717, 1.165) is 43.8 Å². The number of benzene rings is 2. The first kappa shape index (κ1) is 16.3. The van der Waals surface area contributed by atoms with E-state index in [9.17, 15) is 5.11 Å². The minimum absolute atomic E-state index is 0.348. The number of halogens is 1. The average molecular weight is 332 g/mol. The molecule has 0 saturated heterocycles. The van der Waals surface area contributed by atoms with Gasteiger partial charge in [0.05, 0.1) is 12.7 Å². The van der Waals surface area contributed by atoms with Gasteiger partial charge in [-0.3, -0.25) is 4.90 Å². The molecule has 0 aliphatic carbocycles. The number of hydrogen-bond donors (Lipinski definition) is 1. The van der Waals surface area contributed by atoms with Gasteiger partial charge in [0.2, 0.25) is 0 Å². The molecule has 1 aliphatic rings. The van der Waals surface area contributed by atoms with Crippen molar-refractivity contribution in [3.8, 4) is 5.75 Å². The summed E-state index contributed by atoms with van der Waals surface area (Å²) in [6.45, 7) is 3.43. The first-order chi connectivity index (χ1) is 11.2. The highest BCUT2D eigenvalue weighted by Crippen LogP contribution is 2.26. The highest BCUT2D eigenvalue weighted by molar-refractivity contribution is 6.30. The molecule has 2 aromatic rings. The Balaban J connectivity index is 1.49. The summed E-state index contributed by atoms with van der Waals surface area (Å²) in [6.07, 6.45) is 1.38. The maximum atomic E-state index is 10.2. The van der Waals surface area contributed by atoms with Gasteiger partial charge >= 0.3 is 0 Å². The fourth-order valence-corrected chi connectivity index (χ4v) is 3.19. The Kier molecular flexibility index (Phi) is 5.55. The molecule has 1 heterocycles. The Morgan fingerprint density at radius 3 is 2.91 bits per heavy atom. The van der Waals surface area contributed by atoms with Gasteiger partial charge in [-0.25, -0.2) is 0 Å². The molecule has 0 spiro atoms. The molecule has 0 bridgehead atoms. The van der Waals surface area contributed by atoms with E-state index in [-0.39, 0.29) is 6.10 Å². The van der Waals surface area contributed by atoms with E-state index in [0.29, 0.717) is 11.6 Å². The average Bonchev–Trinajstić information content (AvgIpc) is 2.71. The number of aliphatic hydroxyl groups is 1. The van der Waals surface area contributed by atoms with E-state index in [2.05, 4.69) is 11.0 Å². The maximum Gasteiger partial charge on any atom is 0.120 e. The largest absolute Gasteiger partial charge is 0.493 e. The van der Waals surface area contributed by atoms with Gasteiger partial charge in [0.1, 0.15) is 5.75 Å². The van der Waals surface area contributed by atoms with Crippen molar-refractivity contribution in [2.24, 2.45) is 0 Å². The van der Waals surface area contributed by atoms with Crippen molar-refractivity contribution in [3.63, 3.8) is 0 Å². The Morgan fingerprint density at radius 1 is 1.17 bits per heavy atom. The van der Waals surface area contributed by atoms with Crippen LogP contribution in [0, 0.1) is 0 Å². The maximum absolute atomic E-state index is 10.2. The third-order valence-corrected chi connectivity index (χ3v) is 4.45. The Bertz CT molecular complexity index is 647. The van der Waals surface area contributed by atoms with Crippen LogP contribution < -0.4 is 4.74 Å². The zero-order valence-corrected chi connectivity index (χ0v) is 13.9. The zero-order chi connectivity index (χ0) is 16.1. The van der Waals surface area contributed by atoms with Gasteiger partial charge in [0.25, 0.3) is 0 Å². The van der Waals surface area contributed by atoms with Crippen molar-refractivity contribution in [2.45, 2.75) is 25.5 Å². The topological polar surface area (TPSA) is 32.7 Å². The van der Waals surface area contributed by atoms with E-state index in [1.165, 1.54) is 5.56 Å². The molecule has 1 unspecified atom stereocenters. The molecule has 2 aromatic carbocycles. The Labute approximate surface area is 142 Å². The normalized spacial score (nSPS) is 18.3. The summed E-state index contributed by atoms with van der Waals surface area (Å²) in [6, 6.07) is 15.7.